The lowest BCUT2D eigenvalue weighted by molar-refractivity contribution is -0.142. The zero-order valence-corrected chi connectivity index (χ0v) is 8.95. The second-order valence-corrected chi connectivity index (χ2v) is 4.41. The maximum Gasteiger partial charge on any atom is 0.303 e. The average molecular weight is 213 g/mol. The van der Waals surface area contributed by atoms with Crippen LogP contribution in [0.4, 0.5) is 0 Å². The third-order valence-electron chi connectivity index (χ3n) is 2.49. The number of aliphatic carboxylic acids is 1. The molecule has 0 aromatic rings. The molecule has 2 amide bonds. The van der Waals surface area contributed by atoms with Gasteiger partial charge in [-0.25, -0.2) is 0 Å². The standard InChI is InChI=1S/C10H15NO4/c1-10(2)6-7(12)11(9(10)15)5-3-4-8(13)14/h3-6H2,1-2H3,(H,13,14). The Bertz CT molecular complexity index is 309. The minimum absolute atomic E-state index is 0.0164. The molecule has 1 fully saturated rings. The molecule has 0 aliphatic carbocycles. The van der Waals surface area contributed by atoms with Crippen molar-refractivity contribution in [1.29, 1.82) is 0 Å². The third kappa shape index (κ3) is 2.55. The van der Waals surface area contributed by atoms with E-state index in [0.29, 0.717) is 6.42 Å². The molecule has 84 valence electrons. The van der Waals surface area contributed by atoms with Crippen LogP contribution in [-0.4, -0.2) is 34.3 Å². The maximum atomic E-state index is 11.7. The number of likely N-dealkylation sites (tertiary alicyclic amines) is 1. The molecule has 1 saturated heterocycles. The van der Waals surface area contributed by atoms with Gasteiger partial charge in [0.2, 0.25) is 11.8 Å². The Morgan fingerprint density at radius 2 is 2.07 bits per heavy atom. The summed E-state index contributed by atoms with van der Waals surface area (Å²) >= 11 is 0. The molecular weight excluding hydrogens is 198 g/mol. The molecule has 0 bridgehead atoms. The van der Waals surface area contributed by atoms with Crippen molar-refractivity contribution in [2.75, 3.05) is 6.54 Å². The number of carboxylic acids is 1. The molecular formula is C10H15NO4. The smallest absolute Gasteiger partial charge is 0.303 e. The van der Waals surface area contributed by atoms with Crippen LogP contribution in [0, 0.1) is 5.41 Å². The van der Waals surface area contributed by atoms with Crippen molar-refractivity contribution in [3.63, 3.8) is 0 Å². The fourth-order valence-corrected chi connectivity index (χ4v) is 1.64. The van der Waals surface area contributed by atoms with Gasteiger partial charge in [-0.15, -0.1) is 0 Å². The Labute approximate surface area is 88.1 Å². The predicted octanol–water partition coefficient (Wildman–Crippen LogP) is 0.636. The summed E-state index contributed by atoms with van der Waals surface area (Å²) in [4.78, 5) is 34.5. The SMILES string of the molecule is CC1(C)CC(=O)N(CCCC(=O)O)C1=O. The molecule has 0 radical (unpaired) electrons. The summed E-state index contributed by atoms with van der Waals surface area (Å²) in [6, 6.07) is 0. The Kier molecular flexibility index (Phi) is 3.12. The second-order valence-electron chi connectivity index (χ2n) is 4.41. The summed E-state index contributed by atoms with van der Waals surface area (Å²) in [5.41, 5.74) is -0.625. The maximum absolute atomic E-state index is 11.7. The van der Waals surface area contributed by atoms with Gasteiger partial charge in [0.1, 0.15) is 0 Å². The molecule has 0 spiro atoms. The third-order valence-corrected chi connectivity index (χ3v) is 2.49. The highest BCUT2D eigenvalue weighted by Gasteiger charge is 2.44. The number of hydrogen-bond acceptors (Lipinski definition) is 3. The molecule has 0 saturated carbocycles. The van der Waals surface area contributed by atoms with Crippen LogP contribution in [0.5, 0.6) is 0 Å². The molecule has 15 heavy (non-hydrogen) atoms. The lowest BCUT2D eigenvalue weighted by Crippen LogP contribution is -2.34. The van der Waals surface area contributed by atoms with Gasteiger partial charge in [-0.05, 0) is 6.42 Å². The lowest BCUT2D eigenvalue weighted by atomic mass is 9.92. The molecule has 5 heteroatoms. The van der Waals surface area contributed by atoms with Crippen molar-refractivity contribution in [1.82, 2.24) is 4.90 Å². The summed E-state index contributed by atoms with van der Waals surface area (Å²) < 4.78 is 0. The highest BCUT2D eigenvalue weighted by molar-refractivity contribution is 6.05. The molecule has 1 aliphatic heterocycles. The van der Waals surface area contributed by atoms with Crippen molar-refractivity contribution in [2.45, 2.75) is 33.1 Å². The van der Waals surface area contributed by atoms with Crippen LogP contribution >= 0.6 is 0 Å². The van der Waals surface area contributed by atoms with E-state index < -0.39 is 11.4 Å². The van der Waals surface area contributed by atoms with E-state index in [4.69, 9.17) is 5.11 Å². The zero-order chi connectivity index (χ0) is 11.6. The molecule has 1 N–H and O–H groups in total. The Morgan fingerprint density at radius 1 is 1.47 bits per heavy atom. The van der Waals surface area contributed by atoms with Crippen LogP contribution in [0.3, 0.4) is 0 Å². The van der Waals surface area contributed by atoms with E-state index in [1.807, 2.05) is 0 Å². The van der Waals surface area contributed by atoms with Gasteiger partial charge in [0.15, 0.2) is 0 Å². The van der Waals surface area contributed by atoms with E-state index in [9.17, 15) is 14.4 Å². The first-order valence-electron chi connectivity index (χ1n) is 4.91. The summed E-state index contributed by atoms with van der Waals surface area (Å²) in [6.07, 6.45) is 0.527. The van der Waals surface area contributed by atoms with Gasteiger partial charge in [0.05, 0.1) is 5.41 Å². The molecule has 0 aromatic heterocycles. The number of carboxylic acid groups (broad SMARTS) is 1. The van der Waals surface area contributed by atoms with Gasteiger partial charge in [-0.3, -0.25) is 19.3 Å². The quantitative estimate of drug-likeness (QED) is 0.695. The van der Waals surface area contributed by atoms with Crippen LogP contribution in [0.1, 0.15) is 33.1 Å². The normalized spacial score (nSPS) is 19.7. The molecule has 0 unspecified atom stereocenters. The van der Waals surface area contributed by atoms with Crippen LogP contribution < -0.4 is 0 Å². The number of nitrogens with zero attached hydrogens (tertiary/aromatic N) is 1. The lowest BCUT2D eigenvalue weighted by Gasteiger charge is -2.17. The number of hydrogen-bond donors (Lipinski definition) is 1. The first kappa shape index (κ1) is 11.7. The number of carbonyl (C=O) groups excluding carboxylic acids is 2. The zero-order valence-electron chi connectivity index (χ0n) is 8.95. The molecule has 0 atom stereocenters. The van der Waals surface area contributed by atoms with Gasteiger partial charge < -0.3 is 5.11 Å². The summed E-state index contributed by atoms with van der Waals surface area (Å²) in [7, 11) is 0. The van der Waals surface area contributed by atoms with Crippen molar-refractivity contribution in [3.8, 4) is 0 Å². The first-order chi connectivity index (χ1) is 6.84. The second kappa shape index (κ2) is 4.00. The summed E-state index contributed by atoms with van der Waals surface area (Å²) in [5.74, 6) is -1.30. The van der Waals surface area contributed by atoms with Crippen LogP contribution in [-0.2, 0) is 14.4 Å². The summed E-state index contributed by atoms with van der Waals surface area (Å²) in [6.45, 7) is 3.67. The Balaban J connectivity index is 2.52. The number of carbonyl (C=O) groups is 3. The largest absolute Gasteiger partial charge is 0.481 e. The monoisotopic (exact) mass is 213 g/mol. The number of rotatable bonds is 4. The van der Waals surface area contributed by atoms with E-state index in [1.165, 1.54) is 4.90 Å². The van der Waals surface area contributed by atoms with E-state index in [0.717, 1.165) is 0 Å². The minimum Gasteiger partial charge on any atom is -0.481 e. The summed E-state index contributed by atoms with van der Waals surface area (Å²) in [5, 5.41) is 8.43. The van der Waals surface area contributed by atoms with Crippen molar-refractivity contribution < 1.29 is 19.5 Å². The molecule has 1 rings (SSSR count). The highest BCUT2D eigenvalue weighted by atomic mass is 16.4. The van der Waals surface area contributed by atoms with E-state index >= 15 is 0 Å². The fourth-order valence-electron chi connectivity index (χ4n) is 1.64. The van der Waals surface area contributed by atoms with Gasteiger partial charge in [0, 0.05) is 19.4 Å². The number of amides is 2. The van der Waals surface area contributed by atoms with Gasteiger partial charge in [-0.1, -0.05) is 13.8 Å². The highest BCUT2D eigenvalue weighted by Crippen LogP contribution is 2.31. The van der Waals surface area contributed by atoms with E-state index in [1.54, 1.807) is 13.8 Å². The average Bonchev–Trinajstić information content (AvgIpc) is 2.26. The number of imide groups is 1. The topological polar surface area (TPSA) is 74.7 Å². The van der Waals surface area contributed by atoms with Crippen molar-refractivity contribution in [3.05, 3.63) is 0 Å². The van der Waals surface area contributed by atoms with Crippen molar-refractivity contribution in [2.24, 2.45) is 5.41 Å². The van der Waals surface area contributed by atoms with Crippen molar-refractivity contribution >= 4 is 17.8 Å². The Morgan fingerprint density at radius 3 is 2.47 bits per heavy atom. The molecule has 0 aromatic carbocycles. The molecule has 1 heterocycles. The van der Waals surface area contributed by atoms with Crippen LogP contribution in [0.2, 0.25) is 0 Å². The Hall–Kier alpha value is -1.39. The molecule has 1 aliphatic rings. The van der Waals surface area contributed by atoms with E-state index in [-0.39, 0.29) is 31.2 Å². The minimum atomic E-state index is -0.909. The van der Waals surface area contributed by atoms with Gasteiger partial charge in [0.25, 0.3) is 0 Å². The van der Waals surface area contributed by atoms with E-state index in [2.05, 4.69) is 0 Å². The van der Waals surface area contributed by atoms with Gasteiger partial charge in [-0.2, -0.15) is 0 Å². The van der Waals surface area contributed by atoms with Crippen LogP contribution in [0.25, 0.3) is 0 Å². The fraction of sp³-hybridized carbons (Fsp3) is 0.700. The van der Waals surface area contributed by atoms with Gasteiger partial charge >= 0.3 is 5.97 Å². The predicted molar refractivity (Wildman–Crippen MR) is 52.0 cm³/mol. The van der Waals surface area contributed by atoms with Crippen LogP contribution in [0.15, 0.2) is 0 Å². The molecule has 5 nitrogen and oxygen atoms in total. The first-order valence-corrected chi connectivity index (χ1v) is 4.91.